The first-order valence-corrected chi connectivity index (χ1v) is 8.93. The predicted octanol–water partition coefficient (Wildman–Crippen LogP) is 2.54. The molecule has 2 aromatic heterocycles. The van der Waals surface area contributed by atoms with Crippen LogP contribution in [0.2, 0.25) is 5.02 Å². The van der Waals surface area contributed by atoms with Crippen molar-refractivity contribution in [3.63, 3.8) is 0 Å². The Morgan fingerprint density at radius 3 is 2.67 bits per heavy atom. The molecular formula is C19H16ClN3O4. The van der Waals surface area contributed by atoms with E-state index in [0.29, 0.717) is 22.2 Å². The van der Waals surface area contributed by atoms with Crippen LogP contribution in [0, 0.1) is 0 Å². The van der Waals surface area contributed by atoms with Crippen molar-refractivity contribution in [2.75, 3.05) is 0 Å². The van der Waals surface area contributed by atoms with Gasteiger partial charge >= 0.3 is 5.97 Å². The van der Waals surface area contributed by atoms with Gasteiger partial charge in [-0.25, -0.2) is 9.50 Å². The summed E-state index contributed by atoms with van der Waals surface area (Å²) < 4.78 is 1.26. The number of benzene rings is 1. The maximum Gasteiger partial charge on any atom is 0.303 e. The molecule has 0 saturated heterocycles. The van der Waals surface area contributed by atoms with E-state index in [0.717, 1.165) is 24.0 Å². The van der Waals surface area contributed by atoms with E-state index in [9.17, 15) is 14.7 Å². The van der Waals surface area contributed by atoms with Crippen LogP contribution in [0.4, 0.5) is 0 Å². The van der Waals surface area contributed by atoms with Crippen molar-refractivity contribution >= 4 is 29.0 Å². The first-order valence-electron chi connectivity index (χ1n) is 8.55. The van der Waals surface area contributed by atoms with Gasteiger partial charge in [0.15, 0.2) is 11.0 Å². The Balaban J connectivity index is 1.92. The van der Waals surface area contributed by atoms with Crippen molar-refractivity contribution in [2.24, 2.45) is 0 Å². The van der Waals surface area contributed by atoms with Gasteiger partial charge in [-0.1, -0.05) is 17.7 Å². The number of hydrogen-bond donors (Lipinski definition) is 2. The Morgan fingerprint density at radius 1 is 1.19 bits per heavy atom. The van der Waals surface area contributed by atoms with Gasteiger partial charge in [0.05, 0.1) is 6.42 Å². The molecule has 0 spiro atoms. The van der Waals surface area contributed by atoms with Crippen LogP contribution >= 0.6 is 11.6 Å². The van der Waals surface area contributed by atoms with E-state index in [4.69, 9.17) is 16.7 Å². The molecule has 2 heterocycles. The highest BCUT2D eigenvalue weighted by atomic mass is 35.5. The molecular weight excluding hydrogens is 370 g/mol. The molecule has 0 unspecified atom stereocenters. The quantitative estimate of drug-likeness (QED) is 0.699. The van der Waals surface area contributed by atoms with Crippen LogP contribution in [0.5, 0.6) is 0 Å². The Kier molecular flexibility index (Phi) is 4.31. The number of carbonyl (C=O) groups is 1. The van der Waals surface area contributed by atoms with E-state index in [-0.39, 0.29) is 23.9 Å². The molecule has 1 aliphatic rings. The fourth-order valence-electron chi connectivity index (χ4n) is 3.20. The number of halogens is 1. The van der Waals surface area contributed by atoms with Gasteiger partial charge in [0.25, 0.3) is 0 Å². The second kappa shape index (κ2) is 6.66. The van der Waals surface area contributed by atoms with Crippen LogP contribution in [0.1, 0.15) is 37.2 Å². The molecule has 3 aromatic rings. The monoisotopic (exact) mass is 385 g/mol. The van der Waals surface area contributed by atoms with Crippen LogP contribution in [-0.2, 0) is 4.79 Å². The van der Waals surface area contributed by atoms with Crippen LogP contribution in [0.3, 0.4) is 0 Å². The molecule has 7 nitrogen and oxygen atoms in total. The maximum absolute atomic E-state index is 12.7. The Hall–Kier alpha value is -2.93. The van der Waals surface area contributed by atoms with Crippen molar-refractivity contribution in [1.82, 2.24) is 14.6 Å². The molecule has 8 heteroatoms. The smallest absolute Gasteiger partial charge is 0.303 e. The Morgan fingerprint density at radius 2 is 1.96 bits per heavy atom. The van der Waals surface area contributed by atoms with Gasteiger partial charge in [0.2, 0.25) is 5.43 Å². The molecule has 4 rings (SSSR count). The number of nitrogens with zero attached hydrogens (tertiary/aromatic N) is 3. The van der Waals surface area contributed by atoms with Crippen molar-refractivity contribution in [3.05, 3.63) is 56.8 Å². The summed E-state index contributed by atoms with van der Waals surface area (Å²) in [6.07, 6.45) is 3.08. The van der Waals surface area contributed by atoms with E-state index in [2.05, 4.69) is 10.1 Å². The van der Waals surface area contributed by atoms with Crippen molar-refractivity contribution in [2.45, 2.75) is 31.6 Å². The second-order valence-electron chi connectivity index (χ2n) is 6.65. The molecule has 138 valence electrons. The number of rotatable bonds is 5. The molecule has 1 fully saturated rings. The third kappa shape index (κ3) is 3.38. The first-order chi connectivity index (χ1) is 12.9. The average Bonchev–Trinajstić information content (AvgIpc) is 3.36. The lowest BCUT2D eigenvalue weighted by molar-refractivity contribution is -0.136. The number of aromatic nitrogens is 3. The lowest BCUT2D eigenvalue weighted by Crippen LogP contribution is -2.34. The van der Waals surface area contributed by atoms with E-state index in [1.807, 2.05) is 12.1 Å². The zero-order valence-electron chi connectivity index (χ0n) is 14.2. The van der Waals surface area contributed by atoms with Crippen LogP contribution in [0.25, 0.3) is 22.5 Å². The minimum absolute atomic E-state index is 0.0723. The van der Waals surface area contributed by atoms with Gasteiger partial charge in [0, 0.05) is 17.0 Å². The van der Waals surface area contributed by atoms with Crippen LogP contribution in [0.15, 0.2) is 35.4 Å². The van der Waals surface area contributed by atoms with Gasteiger partial charge in [-0.2, -0.15) is 5.10 Å². The zero-order chi connectivity index (χ0) is 19.1. The number of hydrogen-bond acceptors (Lipinski definition) is 5. The standard InChI is InChI=1S/C19H16ClN3O4/c20-13-6-11(10-1-2-10)5-12(7-13)14-8-16(25)18(15(24)3-4-17(26)27)23-19(14)21-9-22-23/h5-10,24H,1-4H2,(H,26,27)/b18-15-. The molecule has 0 amide bonds. The van der Waals surface area contributed by atoms with E-state index in [1.54, 1.807) is 6.07 Å². The molecule has 1 saturated carbocycles. The van der Waals surface area contributed by atoms with Crippen LogP contribution < -0.4 is 10.8 Å². The molecule has 1 aromatic carbocycles. The largest absolute Gasteiger partial charge is 0.510 e. The average molecular weight is 386 g/mol. The number of fused-ring (bicyclic) bond motifs is 1. The molecule has 0 atom stereocenters. The second-order valence-corrected chi connectivity index (χ2v) is 7.09. The third-order valence-electron chi connectivity index (χ3n) is 4.64. The maximum atomic E-state index is 12.7. The zero-order valence-corrected chi connectivity index (χ0v) is 15.0. The summed E-state index contributed by atoms with van der Waals surface area (Å²) in [5.41, 5.74) is 2.39. The highest BCUT2D eigenvalue weighted by Gasteiger charge is 2.24. The van der Waals surface area contributed by atoms with Crippen LogP contribution in [-0.4, -0.2) is 30.8 Å². The number of aliphatic carboxylic acids is 1. The number of carboxylic acids is 1. The summed E-state index contributed by atoms with van der Waals surface area (Å²) in [5.74, 6) is -0.892. The fourth-order valence-corrected chi connectivity index (χ4v) is 3.44. The topological polar surface area (TPSA) is 105 Å². The van der Waals surface area contributed by atoms with E-state index in [1.165, 1.54) is 16.9 Å². The highest BCUT2D eigenvalue weighted by Crippen LogP contribution is 2.42. The normalized spacial score (nSPS) is 15.1. The minimum atomic E-state index is -1.06. The molecule has 0 radical (unpaired) electrons. The summed E-state index contributed by atoms with van der Waals surface area (Å²) in [6.45, 7) is 0. The number of aliphatic hydroxyl groups is 1. The lowest BCUT2D eigenvalue weighted by atomic mass is 10.0. The van der Waals surface area contributed by atoms with Gasteiger partial charge in [0.1, 0.15) is 12.1 Å². The molecule has 0 bridgehead atoms. The third-order valence-corrected chi connectivity index (χ3v) is 4.86. The van der Waals surface area contributed by atoms with Gasteiger partial charge in [-0.05, 0) is 48.1 Å². The van der Waals surface area contributed by atoms with Crippen molar-refractivity contribution in [3.8, 4) is 11.1 Å². The first kappa shape index (κ1) is 17.5. The highest BCUT2D eigenvalue weighted by molar-refractivity contribution is 6.31. The Labute approximate surface area is 158 Å². The van der Waals surface area contributed by atoms with E-state index < -0.39 is 11.4 Å². The lowest BCUT2D eigenvalue weighted by Gasteiger charge is -2.08. The van der Waals surface area contributed by atoms with Crippen molar-refractivity contribution in [1.29, 1.82) is 0 Å². The van der Waals surface area contributed by atoms with Gasteiger partial charge < -0.3 is 10.2 Å². The molecule has 0 aliphatic heterocycles. The number of aliphatic hydroxyl groups excluding tert-OH is 1. The van der Waals surface area contributed by atoms with Gasteiger partial charge in [-0.15, -0.1) is 0 Å². The molecule has 27 heavy (non-hydrogen) atoms. The summed E-state index contributed by atoms with van der Waals surface area (Å²) in [7, 11) is 0. The summed E-state index contributed by atoms with van der Waals surface area (Å²) in [5, 5.41) is 23.6. The number of carboxylic acid groups (broad SMARTS) is 1. The SMILES string of the molecule is O=C(O)CC/C(O)=c1\c(=O)cc(-c2cc(Cl)cc(C3CC3)c2)c2ncnn12. The van der Waals surface area contributed by atoms with E-state index >= 15 is 0 Å². The summed E-state index contributed by atoms with van der Waals surface area (Å²) in [4.78, 5) is 27.6. The fraction of sp³-hybridized carbons (Fsp3) is 0.263. The van der Waals surface area contributed by atoms with Crippen molar-refractivity contribution < 1.29 is 15.0 Å². The number of pyridine rings is 1. The molecule has 1 aliphatic carbocycles. The molecule has 2 N–H and O–H groups in total. The van der Waals surface area contributed by atoms with Gasteiger partial charge in [-0.3, -0.25) is 9.59 Å². The minimum Gasteiger partial charge on any atom is -0.510 e. The summed E-state index contributed by atoms with van der Waals surface area (Å²) >= 11 is 6.27. The predicted molar refractivity (Wildman–Crippen MR) is 99.8 cm³/mol. The Bertz CT molecular complexity index is 1170. The summed E-state index contributed by atoms with van der Waals surface area (Å²) in [6, 6.07) is 7.09.